The summed E-state index contributed by atoms with van der Waals surface area (Å²) in [6.07, 6.45) is 14.7. The number of hydrogen-bond donors (Lipinski definition) is 12. The number of benzene rings is 2. The lowest BCUT2D eigenvalue weighted by Gasteiger charge is -2.12. The molecule has 0 aliphatic carbocycles. The van der Waals surface area contributed by atoms with Crippen LogP contribution in [0.4, 0.5) is 57.1 Å². The monoisotopic (exact) mass is 1880 g/mol. The molecule has 0 fully saturated rings. The lowest BCUT2D eigenvalue weighted by Crippen LogP contribution is -2.31. The Kier molecular flexibility index (Phi) is 32.9. The minimum atomic E-state index is -0.733. The van der Waals surface area contributed by atoms with Crippen molar-refractivity contribution in [1.82, 2.24) is 72.7 Å². The van der Waals surface area contributed by atoms with Gasteiger partial charge in [-0.3, -0.25) is 72.4 Å². The SMILES string of the molecule is CC1=NN(c2ccc(C(=O)NCCOCCOCC(=O)NCCOCCOCC(=O)Nc3cc(C(=O)Nc4cn(C)c(C(=O)Nc5cn(C)c(C(=O)Nc6cc(C(=O)NCCCC(=O)Nc7cc(C(=O)Nc8cc(C(=O)Nc9cc(C(=O)Nc%10cc(C(=O)NCCCN(C)C)n(C)c%10)n(C)c9)n(C)c8)n(C)c7)n(C)c6)n5)n4)n(C)c3)cc2)C(=O)/C1=C/c1ccc(-c2cc(C)c(C)cc2[N+](=O)[O-])o1. The summed E-state index contributed by atoms with van der Waals surface area (Å²) >= 11 is 0. The Labute approximate surface area is 784 Å². The molecule has 2 aromatic carbocycles. The predicted molar refractivity (Wildman–Crippen MR) is 505 cm³/mol. The summed E-state index contributed by atoms with van der Waals surface area (Å²) in [4.78, 5) is 194. The number of imidazole rings is 2. The zero-order chi connectivity index (χ0) is 98.6. The van der Waals surface area contributed by atoms with E-state index in [1.54, 1.807) is 139 Å². The van der Waals surface area contributed by atoms with E-state index in [9.17, 15) is 72.4 Å². The van der Waals surface area contributed by atoms with Crippen molar-refractivity contribution in [2.75, 3.05) is 147 Å². The third kappa shape index (κ3) is 26.3. The first-order chi connectivity index (χ1) is 65.4. The molecule has 0 atom stereocenters. The van der Waals surface area contributed by atoms with Gasteiger partial charge in [-0.05, 0) is 150 Å². The van der Waals surface area contributed by atoms with Crippen LogP contribution in [-0.2, 0) is 94.5 Å². The van der Waals surface area contributed by atoms with Crippen LogP contribution in [0.25, 0.3) is 17.4 Å². The third-order valence-electron chi connectivity index (χ3n) is 21.3. The van der Waals surface area contributed by atoms with E-state index in [-0.39, 0.29) is 189 Å². The number of carbonyl (C=O) groups excluding carboxylic acids is 13. The molecule has 1 aliphatic rings. The third-order valence-corrected chi connectivity index (χ3v) is 21.3. The Hall–Kier alpha value is -16.5. The fourth-order valence-corrected chi connectivity index (χ4v) is 14.3. The van der Waals surface area contributed by atoms with Gasteiger partial charge in [0, 0.05) is 150 Å². The van der Waals surface area contributed by atoms with Gasteiger partial charge in [0.1, 0.15) is 58.9 Å². The molecule has 46 nitrogen and oxygen atoms in total. The maximum atomic E-state index is 13.6. The molecule has 12 rings (SSSR count). The molecule has 46 heteroatoms. The Bertz CT molecular complexity index is 6490. The summed E-state index contributed by atoms with van der Waals surface area (Å²) in [6, 6.07) is 21.7. The highest BCUT2D eigenvalue weighted by Crippen LogP contribution is 2.36. The molecule has 10 heterocycles. The molecule has 0 unspecified atom stereocenters. The predicted octanol–water partition coefficient (Wildman–Crippen LogP) is 6.67. The van der Waals surface area contributed by atoms with Crippen molar-refractivity contribution in [1.29, 1.82) is 0 Å². The van der Waals surface area contributed by atoms with Gasteiger partial charge in [-0.2, -0.15) is 10.1 Å². The Morgan fingerprint density at radius 1 is 0.423 bits per heavy atom. The number of ether oxygens (including phenoxy) is 4. The van der Waals surface area contributed by atoms with E-state index in [2.05, 4.69) is 78.9 Å². The number of nitro groups is 1. The average molecular weight is 1880 g/mol. The number of amides is 13. The molecular weight excluding hydrogens is 1780 g/mol. The van der Waals surface area contributed by atoms with Crippen LogP contribution in [0.2, 0.25) is 0 Å². The highest BCUT2D eigenvalue weighted by atomic mass is 16.6. The number of hydrogen-bond acceptors (Lipinski definition) is 24. The van der Waals surface area contributed by atoms with Gasteiger partial charge in [0.15, 0.2) is 11.6 Å². The Balaban J connectivity index is 0.480. The van der Waals surface area contributed by atoms with Gasteiger partial charge < -0.3 is 129 Å². The van der Waals surface area contributed by atoms with E-state index in [4.69, 9.17) is 23.4 Å². The molecule has 1 aliphatic heterocycles. The average Bonchev–Trinajstić information content (AvgIpc) is 1.66. The number of carbonyl (C=O) groups is 13. The lowest BCUT2D eigenvalue weighted by atomic mass is 10.0. The van der Waals surface area contributed by atoms with Crippen molar-refractivity contribution in [2.24, 2.45) is 61.5 Å². The van der Waals surface area contributed by atoms with Crippen molar-refractivity contribution >= 4 is 146 Å². The zero-order valence-electron chi connectivity index (χ0n) is 77.5. The number of nitrogens with zero attached hydrogens (tertiary/aromatic N) is 14. The first-order valence-corrected chi connectivity index (χ1v) is 43.1. The van der Waals surface area contributed by atoms with Crippen LogP contribution in [0.1, 0.15) is 138 Å². The van der Waals surface area contributed by atoms with Gasteiger partial charge in [0.05, 0.1) is 101 Å². The van der Waals surface area contributed by atoms with Gasteiger partial charge in [0.2, 0.25) is 29.4 Å². The van der Waals surface area contributed by atoms with Crippen LogP contribution in [0.15, 0.2) is 150 Å². The van der Waals surface area contributed by atoms with Crippen LogP contribution in [0, 0.1) is 24.0 Å². The van der Waals surface area contributed by atoms with Gasteiger partial charge in [-0.1, -0.05) is 0 Å². The molecule has 0 radical (unpaired) electrons. The van der Waals surface area contributed by atoms with Crippen LogP contribution < -0.4 is 68.8 Å². The molecule has 0 spiro atoms. The van der Waals surface area contributed by atoms with Gasteiger partial charge in [0.25, 0.3) is 64.8 Å². The van der Waals surface area contributed by atoms with Crippen LogP contribution >= 0.6 is 0 Å². The molecule has 720 valence electrons. The standard InChI is InChI=1S/C91H106N26O20/c1-53-34-66(67(117(131)132)35-54(53)2)74-22-21-64(137-74)42-65-55(3)106-116(91(65)130)63-19-17-56(18-20-63)82(121)95-26-29-134-30-32-135-51-78(119)92-25-28-133-31-33-136-52-79(120)97-58-37-73(111(9)44-58)88(127)104-75-49-115(13)81(102-75)90(129)105-76-50-114(12)80(103-76)89(128)101-62-39-69(109(7)48-62)83(122)93-23-14-16-77(118)96-57-36-70(110(8)43-57)85(124)99-60-40-72(113(11)46-60)87(126)100-61-41-71(112(10)47-61)86(125)98-59-38-68(108(6)45-59)84(123)94-24-15-27-107(4)5/h17-22,34-50H,14-16,23-33,51-52H2,1-13H3,(H,92,119)(H,93,122)(H,94,123)(H,95,121)(H,96,118)(H,97,120)(H,98,125)(H,99,124)(H,100,126)(H,101,128)(H,104,127)(H,105,129)/b65-42+. The summed E-state index contributed by atoms with van der Waals surface area (Å²) < 4.78 is 39.7. The number of aryl methyl sites for hydroxylation is 10. The van der Waals surface area contributed by atoms with Crippen LogP contribution in [-0.4, -0.2) is 239 Å². The van der Waals surface area contributed by atoms with Crippen LogP contribution in [0.5, 0.6) is 0 Å². The minimum Gasteiger partial charge on any atom is -0.456 e. The Morgan fingerprint density at radius 2 is 0.825 bits per heavy atom. The number of nitro benzene ring substituents is 1. The molecule has 137 heavy (non-hydrogen) atoms. The quantitative estimate of drug-likeness (QED) is 0.00820. The van der Waals surface area contributed by atoms with Crippen LogP contribution in [0.3, 0.4) is 0 Å². The summed E-state index contributed by atoms with van der Waals surface area (Å²) in [7, 11) is 16.8. The molecule has 0 saturated heterocycles. The molecular formula is C91H106N26O20. The minimum absolute atomic E-state index is 0.00186. The first kappa shape index (κ1) is 99.6. The van der Waals surface area contributed by atoms with E-state index in [0.717, 1.165) is 24.1 Å². The molecule has 0 bridgehead atoms. The van der Waals surface area contributed by atoms with Crippen molar-refractivity contribution in [3.8, 4) is 11.3 Å². The van der Waals surface area contributed by atoms with E-state index in [1.807, 2.05) is 25.9 Å². The normalized spacial score (nSPS) is 12.1. The fraction of sp³-hybridized carbons (Fsp3) is 0.319. The molecule has 0 saturated carbocycles. The maximum absolute atomic E-state index is 13.6. The molecule has 12 N–H and O–H groups in total. The smallest absolute Gasteiger partial charge is 0.292 e. The molecule has 9 aromatic heterocycles. The van der Waals surface area contributed by atoms with Crippen molar-refractivity contribution < 1.29 is 90.6 Å². The summed E-state index contributed by atoms with van der Waals surface area (Å²) in [5, 5.41) is 50.3. The highest BCUT2D eigenvalue weighted by Gasteiger charge is 2.32. The second-order valence-corrected chi connectivity index (χ2v) is 32.3. The Morgan fingerprint density at radius 3 is 1.31 bits per heavy atom. The summed E-state index contributed by atoms with van der Waals surface area (Å²) in [5.74, 6) is -6.08. The number of nitrogens with one attached hydrogen (secondary N) is 12. The summed E-state index contributed by atoms with van der Waals surface area (Å²) in [6.45, 7) is 7.23. The van der Waals surface area contributed by atoms with Gasteiger partial charge in [-0.15, -0.1) is 0 Å². The molecule has 11 aromatic rings. The van der Waals surface area contributed by atoms with Gasteiger partial charge >= 0.3 is 0 Å². The second kappa shape index (κ2) is 45.3. The van der Waals surface area contributed by atoms with E-state index < -0.39 is 58.1 Å². The number of aromatic nitrogens is 10. The largest absolute Gasteiger partial charge is 0.456 e. The van der Waals surface area contributed by atoms with Crippen molar-refractivity contribution in [3.63, 3.8) is 0 Å². The lowest BCUT2D eigenvalue weighted by molar-refractivity contribution is -0.384. The maximum Gasteiger partial charge on any atom is 0.292 e. The number of furan rings is 1. The van der Waals surface area contributed by atoms with Crippen molar-refractivity contribution in [3.05, 3.63) is 218 Å². The van der Waals surface area contributed by atoms with Gasteiger partial charge in [-0.25, -0.2) is 9.97 Å². The fourth-order valence-electron chi connectivity index (χ4n) is 14.3. The number of anilines is 9. The first-order valence-electron chi connectivity index (χ1n) is 43.1. The highest BCUT2D eigenvalue weighted by molar-refractivity contribution is 6.32. The number of hydrazone groups is 1. The van der Waals surface area contributed by atoms with E-state index in [0.29, 0.717) is 63.3 Å². The van der Waals surface area contributed by atoms with E-state index in [1.165, 1.54) is 114 Å². The second-order valence-electron chi connectivity index (χ2n) is 32.3. The zero-order valence-corrected chi connectivity index (χ0v) is 77.5. The van der Waals surface area contributed by atoms with Crippen molar-refractivity contribution in [2.45, 2.75) is 40.0 Å². The summed E-state index contributed by atoms with van der Waals surface area (Å²) in [5.41, 5.74) is 6.48. The number of rotatable bonds is 45. The topological polar surface area (TPSA) is 544 Å². The molecule has 13 amide bonds. The van der Waals surface area contributed by atoms with E-state index >= 15 is 0 Å².